The third-order valence-electron chi connectivity index (χ3n) is 2.71. The molecule has 1 aliphatic heterocycles. The van der Waals surface area contributed by atoms with Crippen LogP contribution in [0.5, 0.6) is 0 Å². The van der Waals surface area contributed by atoms with E-state index in [-0.39, 0.29) is 5.60 Å². The van der Waals surface area contributed by atoms with E-state index in [0.717, 1.165) is 12.8 Å². The molecular formula is C12H16N2O. The van der Waals surface area contributed by atoms with E-state index in [2.05, 4.69) is 36.2 Å². The Morgan fingerprint density at radius 2 is 2.13 bits per heavy atom. The van der Waals surface area contributed by atoms with Gasteiger partial charge in [-0.05, 0) is 25.3 Å². The summed E-state index contributed by atoms with van der Waals surface area (Å²) in [7, 11) is 0. The third-order valence-corrected chi connectivity index (χ3v) is 2.71. The monoisotopic (exact) mass is 204 g/mol. The van der Waals surface area contributed by atoms with E-state index in [1.807, 2.05) is 6.07 Å². The quantitative estimate of drug-likeness (QED) is 0.815. The van der Waals surface area contributed by atoms with Gasteiger partial charge in [0.25, 0.3) is 6.02 Å². The lowest BCUT2D eigenvalue weighted by molar-refractivity contribution is 0.0968. The maximum Gasteiger partial charge on any atom is 0.282 e. The highest BCUT2D eigenvalue weighted by atomic mass is 16.5. The Balaban J connectivity index is 1.89. The van der Waals surface area contributed by atoms with Crippen LogP contribution in [-0.2, 0) is 11.2 Å². The van der Waals surface area contributed by atoms with Crippen molar-refractivity contribution in [3.63, 3.8) is 0 Å². The zero-order valence-electron chi connectivity index (χ0n) is 8.94. The minimum absolute atomic E-state index is 0.208. The molecule has 1 unspecified atom stereocenters. The van der Waals surface area contributed by atoms with Crippen molar-refractivity contribution in [1.29, 1.82) is 0 Å². The Kier molecular flexibility index (Phi) is 2.62. The summed E-state index contributed by atoms with van der Waals surface area (Å²) in [6.07, 6.45) is 1.95. The first-order valence-corrected chi connectivity index (χ1v) is 5.21. The molecule has 1 atom stereocenters. The topological polar surface area (TPSA) is 47.6 Å². The van der Waals surface area contributed by atoms with Crippen molar-refractivity contribution >= 4 is 6.02 Å². The number of hydrogen-bond acceptors (Lipinski definition) is 3. The minimum atomic E-state index is -0.208. The second-order valence-electron chi connectivity index (χ2n) is 4.19. The summed E-state index contributed by atoms with van der Waals surface area (Å²) in [6, 6.07) is 10.7. The van der Waals surface area contributed by atoms with Gasteiger partial charge in [-0.2, -0.15) is 0 Å². The first-order valence-electron chi connectivity index (χ1n) is 5.21. The molecule has 0 saturated heterocycles. The first kappa shape index (κ1) is 10.0. The number of nitrogens with zero attached hydrogens (tertiary/aromatic N) is 1. The Morgan fingerprint density at radius 3 is 2.73 bits per heavy atom. The van der Waals surface area contributed by atoms with Crippen molar-refractivity contribution in [2.75, 3.05) is 6.54 Å². The second kappa shape index (κ2) is 3.93. The molecule has 80 valence electrons. The van der Waals surface area contributed by atoms with Crippen molar-refractivity contribution in [1.82, 2.24) is 0 Å². The summed E-state index contributed by atoms with van der Waals surface area (Å²) in [5.74, 6) is 0. The molecule has 0 spiro atoms. The molecular weight excluding hydrogens is 188 g/mol. The van der Waals surface area contributed by atoms with Crippen LogP contribution in [0, 0.1) is 0 Å². The van der Waals surface area contributed by atoms with Gasteiger partial charge in [0.05, 0.1) is 6.54 Å². The summed E-state index contributed by atoms with van der Waals surface area (Å²) in [4.78, 5) is 4.07. The lowest BCUT2D eigenvalue weighted by Gasteiger charge is -2.22. The number of nitrogens with two attached hydrogens (primary N) is 1. The van der Waals surface area contributed by atoms with Crippen LogP contribution in [-0.4, -0.2) is 18.2 Å². The van der Waals surface area contributed by atoms with Crippen LogP contribution in [0.2, 0.25) is 0 Å². The van der Waals surface area contributed by atoms with Crippen molar-refractivity contribution in [2.24, 2.45) is 10.7 Å². The van der Waals surface area contributed by atoms with Gasteiger partial charge in [-0.25, -0.2) is 4.99 Å². The number of ether oxygens (including phenoxy) is 1. The fourth-order valence-electron chi connectivity index (χ4n) is 1.75. The highest BCUT2D eigenvalue weighted by molar-refractivity contribution is 5.73. The van der Waals surface area contributed by atoms with E-state index in [9.17, 15) is 0 Å². The summed E-state index contributed by atoms with van der Waals surface area (Å²) in [5.41, 5.74) is 6.63. The van der Waals surface area contributed by atoms with Gasteiger partial charge in [0.1, 0.15) is 5.60 Å². The molecule has 1 aliphatic rings. The van der Waals surface area contributed by atoms with Gasteiger partial charge in [0, 0.05) is 0 Å². The molecule has 15 heavy (non-hydrogen) atoms. The average molecular weight is 204 g/mol. The van der Waals surface area contributed by atoms with Crippen LogP contribution in [0.15, 0.2) is 35.3 Å². The molecule has 0 saturated carbocycles. The molecule has 0 radical (unpaired) electrons. The molecule has 3 nitrogen and oxygen atoms in total. The summed E-state index contributed by atoms with van der Waals surface area (Å²) in [5, 5.41) is 0. The molecule has 0 aliphatic carbocycles. The molecule has 2 N–H and O–H groups in total. The Morgan fingerprint density at radius 1 is 1.40 bits per heavy atom. The number of benzene rings is 1. The normalized spacial score (nSPS) is 24.7. The van der Waals surface area contributed by atoms with Crippen LogP contribution in [0.1, 0.15) is 18.9 Å². The van der Waals surface area contributed by atoms with E-state index in [1.165, 1.54) is 5.56 Å². The van der Waals surface area contributed by atoms with Gasteiger partial charge >= 0.3 is 0 Å². The Bertz CT molecular complexity index is 361. The van der Waals surface area contributed by atoms with E-state index in [1.54, 1.807) is 0 Å². The third kappa shape index (κ3) is 2.49. The van der Waals surface area contributed by atoms with E-state index >= 15 is 0 Å². The van der Waals surface area contributed by atoms with Gasteiger partial charge in [-0.15, -0.1) is 0 Å². The number of hydrogen-bond donors (Lipinski definition) is 1. The lowest BCUT2D eigenvalue weighted by atomic mass is 9.97. The highest BCUT2D eigenvalue weighted by Crippen LogP contribution is 2.22. The average Bonchev–Trinajstić information content (AvgIpc) is 2.58. The van der Waals surface area contributed by atoms with Crippen LogP contribution in [0.3, 0.4) is 0 Å². The van der Waals surface area contributed by atoms with E-state index in [4.69, 9.17) is 10.5 Å². The first-order chi connectivity index (χ1) is 7.18. The fourth-order valence-corrected chi connectivity index (χ4v) is 1.75. The van der Waals surface area contributed by atoms with Gasteiger partial charge in [0.15, 0.2) is 0 Å². The van der Waals surface area contributed by atoms with E-state index in [0.29, 0.717) is 12.6 Å². The molecule has 1 heterocycles. The second-order valence-corrected chi connectivity index (χ2v) is 4.19. The summed E-state index contributed by atoms with van der Waals surface area (Å²) >= 11 is 0. The SMILES string of the molecule is CC1(CCc2ccccc2)CN=C(N)O1. The standard InChI is InChI=1S/C12H16N2O/c1-12(9-14-11(13)15-12)8-7-10-5-3-2-4-6-10/h2-6H,7-9H2,1H3,(H2,13,14). The van der Waals surface area contributed by atoms with Crippen molar-refractivity contribution < 1.29 is 4.74 Å². The Hall–Kier alpha value is -1.51. The van der Waals surface area contributed by atoms with E-state index < -0.39 is 0 Å². The number of aliphatic imine (C=N–C) groups is 1. The lowest BCUT2D eigenvalue weighted by Crippen LogP contribution is -2.31. The van der Waals surface area contributed by atoms with Crippen LogP contribution >= 0.6 is 0 Å². The zero-order valence-corrected chi connectivity index (χ0v) is 8.94. The summed E-state index contributed by atoms with van der Waals surface area (Å²) in [6.45, 7) is 2.73. The van der Waals surface area contributed by atoms with Gasteiger partial charge in [0.2, 0.25) is 0 Å². The number of aryl methyl sites for hydroxylation is 1. The minimum Gasteiger partial charge on any atom is -0.457 e. The predicted molar refractivity (Wildman–Crippen MR) is 60.7 cm³/mol. The Labute approximate surface area is 90.0 Å². The highest BCUT2D eigenvalue weighted by Gasteiger charge is 2.31. The van der Waals surface area contributed by atoms with Crippen LogP contribution in [0.25, 0.3) is 0 Å². The maximum atomic E-state index is 5.51. The molecule has 1 aromatic rings. The smallest absolute Gasteiger partial charge is 0.282 e. The maximum absolute atomic E-state index is 5.51. The number of amidine groups is 1. The predicted octanol–water partition coefficient (Wildman–Crippen LogP) is 1.72. The molecule has 3 heteroatoms. The molecule has 0 amide bonds. The molecule has 0 fully saturated rings. The largest absolute Gasteiger partial charge is 0.457 e. The fraction of sp³-hybridized carbons (Fsp3) is 0.417. The molecule has 0 bridgehead atoms. The van der Waals surface area contributed by atoms with Crippen molar-refractivity contribution in [3.8, 4) is 0 Å². The van der Waals surface area contributed by atoms with Crippen LogP contribution in [0.4, 0.5) is 0 Å². The number of rotatable bonds is 3. The zero-order chi connectivity index (χ0) is 10.7. The van der Waals surface area contributed by atoms with Gasteiger partial charge in [-0.1, -0.05) is 30.3 Å². The van der Waals surface area contributed by atoms with Crippen LogP contribution < -0.4 is 5.73 Å². The molecule has 2 rings (SSSR count). The summed E-state index contributed by atoms with van der Waals surface area (Å²) < 4.78 is 5.50. The van der Waals surface area contributed by atoms with Crippen molar-refractivity contribution in [2.45, 2.75) is 25.4 Å². The molecule has 1 aromatic carbocycles. The van der Waals surface area contributed by atoms with Gasteiger partial charge in [-0.3, -0.25) is 0 Å². The molecule has 0 aromatic heterocycles. The van der Waals surface area contributed by atoms with Gasteiger partial charge < -0.3 is 10.5 Å². The van der Waals surface area contributed by atoms with Crippen molar-refractivity contribution in [3.05, 3.63) is 35.9 Å².